The number of hydrogen-bond donors (Lipinski definition) is 3. The van der Waals surface area contributed by atoms with Crippen LogP contribution in [0.2, 0.25) is 5.02 Å². The Balaban J connectivity index is 1.43. The molecular weight excluding hydrogens is 420 g/mol. The minimum atomic E-state index is -0.824. The lowest BCUT2D eigenvalue weighted by Gasteiger charge is -2.13. The molecule has 162 valence electrons. The van der Waals surface area contributed by atoms with E-state index in [1.54, 1.807) is 12.1 Å². The maximum atomic E-state index is 11.1. The summed E-state index contributed by atoms with van der Waals surface area (Å²) in [4.78, 5) is 15.5. The van der Waals surface area contributed by atoms with Crippen LogP contribution in [-0.4, -0.2) is 45.9 Å². The number of carboxylic acid groups (broad SMARTS) is 1. The average Bonchev–Trinajstić information content (AvgIpc) is 3.40. The summed E-state index contributed by atoms with van der Waals surface area (Å²) in [7, 11) is 0. The summed E-state index contributed by atoms with van der Waals surface area (Å²) in [6.45, 7) is 4.48. The van der Waals surface area contributed by atoms with Crippen molar-refractivity contribution in [1.82, 2.24) is 15.5 Å². The number of ether oxygens (including phenoxy) is 1. The van der Waals surface area contributed by atoms with Gasteiger partial charge < -0.3 is 25.0 Å². The zero-order chi connectivity index (χ0) is 22.0. The van der Waals surface area contributed by atoms with Crippen LogP contribution in [0, 0.1) is 0 Å². The van der Waals surface area contributed by atoms with Gasteiger partial charge in [0.2, 0.25) is 5.82 Å². The van der Waals surface area contributed by atoms with E-state index in [0.717, 1.165) is 16.8 Å². The van der Waals surface area contributed by atoms with Crippen LogP contribution in [0.5, 0.6) is 5.75 Å². The molecule has 8 nitrogen and oxygen atoms in total. The number of hydrogen-bond acceptors (Lipinski definition) is 7. The van der Waals surface area contributed by atoms with Crippen LogP contribution in [0.1, 0.15) is 20.3 Å². The second-order valence-electron chi connectivity index (χ2n) is 7.69. The van der Waals surface area contributed by atoms with E-state index >= 15 is 0 Å². The standard InChI is InChI=1S/C22H23ClN4O4/c1-12(2)30-19-8-5-14(9-17(19)23)20-26-21(31-27-20)13-3-6-15(7-4-13)25-16-10-18(22(28)29)24-11-16/h3-9,12,16,18,24-25H,10-11H2,1-2H3,(H,28,29)/t16-,18-/m1/s1. The molecule has 0 amide bonds. The molecule has 3 aromatic rings. The number of rotatable bonds is 7. The molecule has 4 rings (SSSR count). The molecule has 1 fully saturated rings. The quantitative estimate of drug-likeness (QED) is 0.502. The highest BCUT2D eigenvalue weighted by molar-refractivity contribution is 6.32. The van der Waals surface area contributed by atoms with Crippen LogP contribution >= 0.6 is 11.6 Å². The highest BCUT2D eigenvalue weighted by Gasteiger charge is 2.28. The fraction of sp³-hybridized carbons (Fsp3) is 0.318. The van der Waals surface area contributed by atoms with E-state index in [9.17, 15) is 4.79 Å². The minimum absolute atomic E-state index is 0.0288. The molecule has 31 heavy (non-hydrogen) atoms. The first kappa shape index (κ1) is 21.1. The van der Waals surface area contributed by atoms with Crippen LogP contribution in [0.25, 0.3) is 22.8 Å². The van der Waals surface area contributed by atoms with E-state index in [0.29, 0.717) is 35.5 Å². The van der Waals surface area contributed by atoms with E-state index in [1.807, 2.05) is 44.2 Å². The predicted molar refractivity (Wildman–Crippen MR) is 117 cm³/mol. The Labute approximate surface area is 184 Å². The van der Waals surface area contributed by atoms with E-state index in [2.05, 4.69) is 20.8 Å². The number of halogens is 1. The molecule has 2 aromatic carbocycles. The van der Waals surface area contributed by atoms with Gasteiger partial charge in [-0.15, -0.1) is 0 Å². The molecule has 0 unspecified atom stereocenters. The van der Waals surface area contributed by atoms with Crippen molar-refractivity contribution in [2.45, 2.75) is 38.5 Å². The van der Waals surface area contributed by atoms with Gasteiger partial charge in [0.15, 0.2) is 0 Å². The Bertz CT molecular complexity index is 1070. The smallest absolute Gasteiger partial charge is 0.320 e. The number of carbonyl (C=O) groups is 1. The molecule has 0 bridgehead atoms. The third-order valence-corrected chi connectivity index (χ3v) is 5.21. The minimum Gasteiger partial charge on any atom is -0.489 e. The van der Waals surface area contributed by atoms with Crippen molar-refractivity contribution in [2.75, 3.05) is 11.9 Å². The highest BCUT2D eigenvalue weighted by Crippen LogP contribution is 2.31. The van der Waals surface area contributed by atoms with Crippen LogP contribution in [-0.2, 0) is 4.79 Å². The van der Waals surface area contributed by atoms with Crippen molar-refractivity contribution in [1.29, 1.82) is 0 Å². The molecule has 0 radical (unpaired) electrons. The van der Waals surface area contributed by atoms with E-state index in [4.69, 9.17) is 26.0 Å². The van der Waals surface area contributed by atoms with Gasteiger partial charge in [0.1, 0.15) is 11.8 Å². The Hall–Kier alpha value is -3.10. The maximum absolute atomic E-state index is 11.1. The van der Waals surface area contributed by atoms with E-state index in [-0.39, 0.29) is 12.1 Å². The second kappa shape index (κ2) is 8.95. The Morgan fingerprint density at radius 1 is 1.26 bits per heavy atom. The lowest BCUT2D eigenvalue weighted by Crippen LogP contribution is -2.30. The van der Waals surface area contributed by atoms with E-state index < -0.39 is 12.0 Å². The Kier molecular flexibility index (Phi) is 6.11. The van der Waals surface area contributed by atoms with Gasteiger partial charge in [0, 0.05) is 29.4 Å². The van der Waals surface area contributed by atoms with Gasteiger partial charge in [-0.3, -0.25) is 4.79 Å². The number of nitrogens with zero attached hydrogens (tertiary/aromatic N) is 2. The summed E-state index contributed by atoms with van der Waals surface area (Å²) in [5.41, 5.74) is 2.41. The molecular formula is C22H23ClN4O4. The van der Waals surface area contributed by atoms with Crippen molar-refractivity contribution in [3.8, 4) is 28.6 Å². The van der Waals surface area contributed by atoms with Gasteiger partial charge in [0.25, 0.3) is 5.89 Å². The third-order valence-electron chi connectivity index (χ3n) is 4.91. The maximum Gasteiger partial charge on any atom is 0.320 e. The van der Waals surface area contributed by atoms with Gasteiger partial charge in [-0.1, -0.05) is 16.8 Å². The fourth-order valence-electron chi connectivity index (χ4n) is 3.43. The lowest BCUT2D eigenvalue weighted by molar-refractivity contribution is -0.139. The van der Waals surface area contributed by atoms with E-state index in [1.165, 1.54) is 0 Å². The first-order valence-corrected chi connectivity index (χ1v) is 10.4. The molecule has 2 atom stereocenters. The number of carboxylic acids is 1. The normalized spacial score (nSPS) is 18.3. The number of anilines is 1. The predicted octanol–water partition coefficient (Wildman–Crippen LogP) is 4.07. The van der Waals surface area contributed by atoms with Crippen LogP contribution in [0.4, 0.5) is 5.69 Å². The van der Waals surface area contributed by atoms with Crippen LogP contribution in [0.3, 0.4) is 0 Å². The summed E-state index contributed by atoms with van der Waals surface area (Å²) in [6, 6.07) is 12.5. The van der Waals surface area contributed by atoms with Gasteiger partial charge >= 0.3 is 5.97 Å². The third kappa shape index (κ3) is 4.98. The summed E-state index contributed by atoms with van der Waals surface area (Å²) in [5.74, 6) is 0.621. The first-order chi connectivity index (χ1) is 14.9. The number of aromatic nitrogens is 2. The van der Waals surface area contributed by atoms with Crippen molar-refractivity contribution >= 4 is 23.3 Å². The largest absolute Gasteiger partial charge is 0.489 e. The van der Waals surface area contributed by atoms with Gasteiger partial charge in [-0.2, -0.15) is 4.98 Å². The van der Waals surface area contributed by atoms with Gasteiger partial charge in [0.05, 0.1) is 11.1 Å². The Morgan fingerprint density at radius 3 is 2.65 bits per heavy atom. The number of benzene rings is 2. The molecule has 3 N–H and O–H groups in total. The first-order valence-electron chi connectivity index (χ1n) is 10.0. The van der Waals surface area contributed by atoms with Crippen LogP contribution < -0.4 is 15.4 Å². The van der Waals surface area contributed by atoms with Crippen molar-refractivity contribution in [2.24, 2.45) is 0 Å². The van der Waals surface area contributed by atoms with Gasteiger partial charge in [-0.05, 0) is 62.7 Å². The molecule has 1 aromatic heterocycles. The molecule has 1 aliphatic rings. The molecule has 1 saturated heterocycles. The summed E-state index contributed by atoms with van der Waals surface area (Å²) in [5, 5.41) is 20.0. The monoisotopic (exact) mass is 442 g/mol. The molecule has 2 heterocycles. The Morgan fingerprint density at radius 2 is 2.00 bits per heavy atom. The molecule has 9 heteroatoms. The van der Waals surface area contributed by atoms with Gasteiger partial charge in [-0.25, -0.2) is 0 Å². The highest BCUT2D eigenvalue weighted by atomic mass is 35.5. The topological polar surface area (TPSA) is 110 Å². The molecule has 1 aliphatic heterocycles. The summed E-state index contributed by atoms with van der Waals surface area (Å²) in [6.07, 6.45) is 0.564. The fourth-order valence-corrected chi connectivity index (χ4v) is 3.65. The number of nitrogens with one attached hydrogen (secondary N) is 2. The molecule has 0 aliphatic carbocycles. The lowest BCUT2D eigenvalue weighted by atomic mass is 10.1. The second-order valence-corrected chi connectivity index (χ2v) is 8.10. The molecule has 0 spiro atoms. The number of aliphatic carboxylic acids is 1. The zero-order valence-electron chi connectivity index (χ0n) is 17.1. The van der Waals surface area contributed by atoms with Crippen molar-refractivity contribution in [3.05, 3.63) is 47.5 Å². The summed E-state index contributed by atoms with van der Waals surface area (Å²) >= 11 is 6.31. The summed E-state index contributed by atoms with van der Waals surface area (Å²) < 4.78 is 11.1. The van der Waals surface area contributed by atoms with Crippen LogP contribution in [0.15, 0.2) is 47.0 Å². The zero-order valence-corrected chi connectivity index (χ0v) is 17.9. The van der Waals surface area contributed by atoms with Crippen molar-refractivity contribution < 1.29 is 19.2 Å². The van der Waals surface area contributed by atoms with Crippen molar-refractivity contribution in [3.63, 3.8) is 0 Å². The molecule has 0 saturated carbocycles. The SMILES string of the molecule is CC(C)Oc1ccc(-c2noc(-c3ccc(N[C@H]4CN[C@@H](C(=O)O)C4)cc3)n2)cc1Cl. The average molecular weight is 443 g/mol.